The van der Waals surface area contributed by atoms with E-state index >= 15 is 0 Å². The quantitative estimate of drug-likeness (QED) is 0.828. The molecule has 2 unspecified atom stereocenters. The van der Waals surface area contributed by atoms with E-state index < -0.39 is 6.17 Å². The van der Waals surface area contributed by atoms with E-state index in [0.29, 0.717) is 11.5 Å². The number of benzene rings is 1. The van der Waals surface area contributed by atoms with Gasteiger partial charge >= 0.3 is 0 Å². The number of rotatable bonds is 3. The average Bonchev–Trinajstić information content (AvgIpc) is 2.73. The number of nitrogen functional groups attached to an aromatic ring is 1. The second-order valence-corrected chi connectivity index (χ2v) is 4.16. The molecule has 0 fully saturated rings. The van der Waals surface area contributed by atoms with Crippen LogP contribution in [0.5, 0.6) is 0 Å². The molecule has 5 heteroatoms. The standard InChI is InChI=1S/C12H15FN4/c1-8(9-4-3-5-10(14)6-9)11(13)12-16-15-7-17(12)2/h3-8,11H,14H2,1-2H3. The summed E-state index contributed by atoms with van der Waals surface area (Å²) in [5.74, 6) is 0.0290. The molecule has 0 saturated carbocycles. The van der Waals surface area contributed by atoms with Crippen molar-refractivity contribution in [2.45, 2.75) is 19.0 Å². The van der Waals surface area contributed by atoms with Crippen molar-refractivity contribution < 1.29 is 4.39 Å². The summed E-state index contributed by atoms with van der Waals surface area (Å²) in [5.41, 5.74) is 7.19. The Morgan fingerprint density at radius 3 is 2.76 bits per heavy atom. The van der Waals surface area contributed by atoms with E-state index in [1.807, 2.05) is 19.1 Å². The van der Waals surface area contributed by atoms with Gasteiger partial charge in [-0.05, 0) is 17.7 Å². The third-order valence-corrected chi connectivity index (χ3v) is 2.87. The molecule has 0 bridgehead atoms. The molecule has 2 atom stereocenters. The first kappa shape index (κ1) is 11.6. The lowest BCUT2D eigenvalue weighted by Gasteiger charge is -2.16. The maximum Gasteiger partial charge on any atom is 0.167 e. The summed E-state index contributed by atoms with van der Waals surface area (Å²) in [5, 5.41) is 7.48. The Hall–Kier alpha value is -1.91. The van der Waals surface area contributed by atoms with Crippen molar-refractivity contribution in [3.63, 3.8) is 0 Å². The van der Waals surface area contributed by atoms with Crippen LogP contribution in [0.25, 0.3) is 0 Å². The number of aryl methyl sites for hydroxylation is 1. The lowest BCUT2D eigenvalue weighted by Crippen LogP contribution is -2.09. The first-order valence-corrected chi connectivity index (χ1v) is 5.43. The van der Waals surface area contributed by atoms with Crippen LogP contribution in [0.2, 0.25) is 0 Å². The van der Waals surface area contributed by atoms with Crippen LogP contribution in [0.3, 0.4) is 0 Å². The smallest absolute Gasteiger partial charge is 0.167 e. The SMILES string of the molecule is CC(c1cccc(N)c1)C(F)c1nncn1C. The van der Waals surface area contributed by atoms with Gasteiger partial charge in [-0.15, -0.1) is 10.2 Å². The summed E-state index contributed by atoms with van der Waals surface area (Å²) in [6.07, 6.45) is 0.304. The van der Waals surface area contributed by atoms with E-state index in [-0.39, 0.29) is 5.92 Å². The zero-order chi connectivity index (χ0) is 12.4. The maximum atomic E-state index is 14.3. The van der Waals surface area contributed by atoms with Gasteiger partial charge in [-0.3, -0.25) is 0 Å². The number of nitrogens with zero attached hydrogens (tertiary/aromatic N) is 3. The molecule has 1 heterocycles. The van der Waals surface area contributed by atoms with Gasteiger partial charge in [-0.2, -0.15) is 0 Å². The van der Waals surface area contributed by atoms with Crippen molar-refractivity contribution in [2.75, 3.05) is 5.73 Å². The molecule has 0 amide bonds. The summed E-state index contributed by atoms with van der Waals surface area (Å²) >= 11 is 0. The number of anilines is 1. The maximum absolute atomic E-state index is 14.3. The van der Waals surface area contributed by atoms with Gasteiger partial charge in [0, 0.05) is 18.7 Å². The van der Waals surface area contributed by atoms with Gasteiger partial charge in [-0.1, -0.05) is 19.1 Å². The molecule has 17 heavy (non-hydrogen) atoms. The van der Waals surface area contributed by atoms with Crippen LogP contribution in [0.4, 0.5) is 10.1 Å². The lowest BCUT2D eigenvalue weighted by atomic mass is 9.95. The van der Waals surface area contributed by atoms with Crippen molar-refractivity contribution in [3.8, 4) is 0 Å². The van der Waals surface area contributed by atoms with Gasteiger partial charge in [0.25, 0.3) is 0 Å². The molecule has 0 radical (unpaired) electrons. The Morgan fingerprint density at radius 2 is 2.18 bits per heavy atom. The summed E-state index contributed by atoms with van der Waals surface area (Å²) < 4.78 is 15.9. The molecule has 0 saturated heterocycles. The van der Waals surface area contributed by atoms with E-state index in [1.54, 1.807) is 23.7 Å². The van der Waals surface area contributed by atoms with Crippen LogP contribution in [0.1, 0.15) is 30.4 Å². The van der Waals surface area contributed by atoms with Crippen molar-refractivity contribution in [2.24, 2.45) is 7.05 Å². The van der Waals surface area contributed by atoms with E-state index in [0.717, 1.165) is 5.56 Å². The third kappa shape index (κ3) is 2.27. The van der Waals surface area contributed by atoms with Crippen molar-refractivity contribution in [1.82, 2.24) is 14.8 Å². The van der Waals surface area contributed by atoms with Crippen molar-refractivity contribution >= 4 is 5.69 Å². The Bertz CT molecular complexity index is 509. The molecule has 0 aliphatic rings. The predicted octanol–water partition coefficient (Wildman–Crippen LogP) is 2.21. The second-order valence-electron chi connectivity index (χ2n) is 4.16. The number of alkyl halides is 1. The van der Waals surface area contributed by atoms with Crippen molar-refractivity contribution in [1.29, 1.82) is 0 Å². The monoisotopic (exact) mass is 234 g/mol. The van der Waals surface area contributed by atoms with Crippen LogP contribution >= 0.6 is 0 Å². The van der Waals surface area contributed by atoms with E-state index in [1.165, 1.54) is 6.33 Å². The number of halogens is 1. The molecule has 4 nitrogen and oxygen atoms in total. The number of aromatic nitrogens is 3. The summed E-state index contributed by atoms with van der Waals surface area (Å²) in [7, 11) is 1.73. The average molecular weight is 234 g/mol. The van der Waals surface area contributed by atoms with Crippen molar-refractivity contribution in [3.05, 3.63) is 42.0 Å². The highest BCUT2D eigenvalue weighted by Gasteiger charge is 2.24. The largest absolute Gasteiger partial charge is 0.399 e. The lowest BCUT2D eigenvalue weighted by molar-refractivity contribution is 0.278. The van der Waals surface area contributed by atoms with E-state index in [2.05, 4.69) is 10.2 Å². The van der Waals surface area contributed by atoms with Crippen LogP contribution < -0.4 is 5.73 Å². The fraction of sp³-hybridized carbons (Fsp3) is 0.333. The van der Waals surface area contributed by atoms with Gasteiger partial charge < -0.3 is 10.3 Å². The molecule has 1 aromatic carbocycles. The zero-order valence-corrected chi connectivity index (χ0v) is 9.84. The van der Waals surface area contributed by atoms with Crippen LogP contribution in [-0.4, -0.2) is 14.8 Å². The summed E-state index contributed by atoms with van der Waals surface area (Å²) in [6, 6.07) is 7.26. The number of nitrogens with two attached hydrogens (primary N) is 1. The Morgan fingerprint density at radius 1 is 1.41 bits per heavy atom. The summed E-state index contributed by atoms with van der Waals surface area (Å²) in [4.78, 5) is 0. The molecule has 0 aliphatic heterocycles. The molecule has 2 aromatic rings. The topological polar surface area (TPSA) is 56.7 Å². The second kappa shape index (κ2) is 4.53. The van der Waals surface area contributed by atoms with Crippen LogP contribution in [0.15, 0.2) is 30.6 Å². The normalized spacial score (nSPS) is 14.5. The highest BCUT2D eigenvalue weighted by Crippen LogP contribution is 2.32. The van der Waals surface area contributed by atoms with Gasteiger partial charge in [0.15, 0.2) is 12.0 Å². The highest BCUT2D eigenvalue weighted by molar-refractivity contribution is 5.42. The molecule has 2 rings (SSSR count). The number of hydrogen-bond acceptors (Lipinski definition) is 3. The first-order valence-electron chi connectivity index (χ1n) is 5.43. The molecule has 0 spiro atoms. The minimum atomic E-state index is -1.19. The molecule has 1 aromatic heterocycles. The minimum absolute atomic E-state index is 0.304. The Kier molecular flexibility index (Phi) is 3.08. The van der Waals surface area contributed by atoms with Gasteiger partial charge in [0.1, 0.15) is 6.33 Å². The molecular formula is C12H15FN4. The minimum Gasteiger partial charge on any atom is -0.399 e. The fourth-order valence-corrected chi connectivity index (χ4v) is 1.78. The van der Waals surface area contributed by atoms with E-state index in [4.69, 9.17) is 5.73 Å². The molecule has 0 aliphatic carbocycles. The Balaban J connectivity index is 2.26. The fourth-order valence-electron chi connectivity index (χ4n) is 1.78. The van der Waals surface area contributed by atoms with Gasteiger partial charge in [0.2, 0.25) is 0 Å². The van der Waals surface area contributed by atoms with Gasteiger partial charge in [-0.25, -0.2) is 4.39 Å². The molecular weight excluding hydrogens is 219 g/mol. The number of hydrogen-bond donors (Lipinski definition) is 1. The van der Waals surface area contributed by atoms with E-state index in [9.17, 15) is 4.39 Å². The molecule has 2 N–H and O–H groups in total. The Labute approximate surface area is 99.3 Å². The molecule has 90 valence electrons. The third-order valence-electron chi connectivity index (χ3n) is 2.87. The predicted molar refractivity (Wildman–Crippen MR) is 64.1 cm³/mol. The van der Waals surface area contributed by atoms with Gasteiger partial charge in [0.05, 0.1) is 0 Å². The highest BCUT2D eigenvalue weighted by atomic mass is 19.1. The first-order chi connectivity index (χ1) is 8.09. The van der Waals surface area contributed by atoms with Crippen LogP contribution in [0, 0.1) is 0 Å². The zero-order valence-electron chi connectivity index (χ0n) is 9.84. The summed E-state index contributed by atoms with van der Waals surface area (Å²) in [6.45, 7) is 1.81. The van der Waals surface area contributed by atoms with Crippen LogP contribution in [-0.2, 0) is 7.05 Å².